The van der Waals surface area contributed by atoms with Crippen LogP contribution in [0.25, 0.3) is 0 Å². The summed E-state index contributed by atoms with van der Waals surface area (Å²) in [5, 5.41) is 3.25. The molecule has 2 atom stereocenters. The van der Waals surface area contributed by atoms with Crippen molar-refractivity contribution in [2.75, 3.05) is 28.4 Å². The van der Waals surface area contributed by atoms with Crippen LogP contribution in [0.4, 0.5) is 0 Å². The second kappa shape index (κ2) is 8.07. The van der Waals surface area contributed by atoms with Gasteiger partial charge >= 0.3 is 0 Å². The third kappa shape index (κ3) is 3.86. The largest absolute Gasteiger partial charge is 0.497 e. The van der Waals surface area contributed by atoms with Gasteiger partial charge in [-0.25, -0.2) is 4.99 Å². The van der Waals surface area contributed by atoms with Gasteiger partial charge in [-0.2, -0.15) is 0 Å². The van der Waals surface area contributed by atoms with Gasteiger partial charge in [-0.1, -0.05) is 12.1 Å². The van der Waals surface area contributed by atoms with Crippen molar-refractivity contribution in [3.63, 3.8) is 0 Å². The first-order valence-corrected chi connectivity index (χ1v) is 8.63. The van der Waals surface area contributed by atoms with Gasteiger partial charge < -0.3 is 30.0 Å². The molecule has 0 fully saturated rings. The monoisotopic (exact) mass is 371 g/mol. The van der Waals surface area contributed by atoms with Crippen molar-refractivity contribution in [3.8, 4) is 23.0 Å². The third-order valence-electron chi connectivity index (χ3n) is 4.67. The maximum atomic E-state index is 6.07. The van der Waals surface area contributed by atoms with E-state index in [4.69, 9.17) is 24.7 Å². The van der Waals surface area contributed by atoms with Crippen molar-refractivity contribution in [2.24, 2.45) is 10.7 Å². The van der Waals surface area contributed by atoms with Crippen molar-refractivity contribution in [1.29, 1.82) is 0 Å². The molecule has 7 nitrogen and oxygen atoms in total. The molecule has 2 aromatic rings. The van der Waals surface area contributed by atoms with Crippen molar-refractivity contribution in [2.45, 2.75) is 18.5 Å². The molecule has 1 aliphatic heterocycles. The lowest BCUT2D eigenvalue weighted by Gasteiger charge is -2.29. The van der Waals surface area contributed by atoms with Crippen LogP contribution in [0.5, 0.6) is 23.0 Å². The highest BCUT2D eigenvalue weighted by molar-refractivity contribution is 5.79. The molecule has 0 amide bonds. The van der Waals surface area contributed by atoms with Gasteiger partial charge in [0.05, 0.1) is 40.5 Å². The number of nitrogens with zero attached hydrogens (tertiary/aromatic N) is 1. The molecule has 7 heteroatoms. The average Bonchev–Trinajstić information content (AvgIpc) is 2.72. The predicted molar refractivity (Wildman–Crippen MR) is 104 cm³/mol. The number of guanidine groups is 1. The predicted octanol–water partition coefficient (Wildman–Crippen LogP) is 2.81. The molecule has 0 bridgehead atoms. The lowest BCUT2D eigenvalue weighted by atomic mass is 9.93. The molecular formula is C20H25N3O4. The van der Waals surface area contributed by atoms with E-state index in [1.165, 1.54) is 0 Å². The normalized spacial score (nSPS) is 18.9. The minimum atomic E-state index is -0.132. The number of methoxy groups -OCH3 is 4. The number of ether oxygens (including phenoxy) is 4. The van der Waals surface area contributed by atoms with Crippen LogP contribution in [0.1, 0.15) is 29.6 Å². The number of nitrogens with two attached hydrogens (primary N) is 1. The van der Waals surface area contributed by atoms with Crippen LogP contribution in [-0.4, -0.2) is 34.4 Å². The van der Waals surface area contributed by atoms with Crippen LogP contribution in [0.2, 0.25) is 0 Å². The van der Waals surface area contributed by atoms with Gasteiger partial charge in [-0.15, -0.1) is 0 Å². The van der Waals surface area contributed by atoms with E-state index in [9.17, 15) is 0 Å². The second-order valence-electron chi connectivity index (χ2n) is 6.19. The summed E-state index contributed by atoms with van der Waals surface area (Å²) in [5.74, 6) is 2.97. The molecule has 3 N–H and O–H groups in total. The molecule has 0 aliphatic carbocycles. The van der Waals surface area contributed by atoms with E-state index in [0.29, 0.717) is 23.2 Å². The Hall–Kier alpha value is -3.09. The Morgan fingerprint density at radius 1 is 0.889 bits per heavy atom. The van der Waals surface area contributed by atoms with Crippen LogP contribution in [0.15, 0.2) is 41.4 Å². The Kier molecular flexibility index (Phi) is 5.59. The highest BCUT2D eigenvalue weighted by Gasteiger charge is 2.26. The maximum absolute atomic E-state index is 6.07. The van der Waals surface area contributed by atoms with Gasteiger partial charge in [0.15, 0.2) is 17.5 Å². The van der Waals surface area contributed by atoms with Gasteiger partial charge in [0.2, 0.25) is 5.75 Å². The Bertz CT molecular complexity index is 795. The summed E-state index contributed by atoms with van der Waals surface area (Å²) >= 11 is 0. The van der Waals surface area contributed by atoms with Crippen LogP contribution in [-0.2, 0) is 0 Å². The highest BCUT2D eigenvalue weighted by atomic mass is 16.5. The molecule has 1 aliphatic rings. The quantitative estimate of drug-likeness (QED) is 0.812. The van der Waals surface area contributed by atoms with Gasteiger partial charge in [0.1, 0.15) is 5.75 Å². The summed E-state index contributed by atoms with van der Waals surface area (Å²) in [6, 6.07) is 11.7. The summed E-state index contributed by atoms with van der Waals surface area (Å²) < 4.78 is 21.6. The second-order valence-corrected chi connectivity index (χ2v) is 6.19. The van der Waals surface area contributed by atoms with E-state index in [2.05, 4.69) is 10.3 Å². The van der Waals surface area contributed by atoms with Gasteiger partial charge in [-0.05, 0) is 41.8 Å². The van der Waals surface area contributed by atoms with Crippen molar-refractivity contribution in [1.82, 2.24) is 5.32 Å². The van der Waals surface area contributed by atoms with Crippen LogP contribution in [0, 0.1) is 0 Å². The Balaban J connectivity index is 1.93. The van der Waals surface area contributed by atoms with E-state index in [0.717, 1.165) is 23.3 Å². The van der Waals surface area contributed by atoms with E-state index < -0.39 is 0 Å². The molecule has 2 unspecified atom stereocenters. The number of hydrogen-bond acceptors (Lipinski definition) is 7. The average molecular weight is 371 g/mol. The number of hydrogen-bond donors (Lipinski definition) is 2. The van der Waals surface area contributed by atoms with E-state index in [1.807, 2.05) is 36.4 Å². The first kappa shape index (κ1) is 18.7. The number of nitrogens with one attached hydrogen (secondary N) is 1. The van der Waals surface area contributed by atoms with Crippen LogP contribution in [0.3, 0.4) is 0 Å². The Morgan fingerprint density at radius 2 is 1.52 bits per heavy atom. The van der Waals surface area contributed by atoms with Crippen molar-refractivity contribution >= 4 is 5.96 Å². The lowest BCUT2D eigenvalue weighted by Crippen LogP contribution is -2.39. The fraction of sp³-hybridized carbons (Fsp3) is 0.350. The fourth-order valence-electron chi connectivity index (χ4n) is 3.28. The summed E-state index contributed by atoms with van der Waals surface area (Å²) in [4.78, 5) is 4.57. The first-order valence-electron chi connectivity index (χ1n) is 8.63. The molecule has 27 heavy (non-hydrogen) atoms. The van der Waals surface area contributed by atoms with Crippen molar-refractivity contribution in [3.05, 3.63) is 47.5 Å². The zero-order valence-corrected chi connectivity index (χ0v) is 16.0. The van der Waals surface area contributed by atoms with E-state index in [1.54, 1.807) is 28.4 Å². The third-order valence-corrected chi connectivity index (χ3v) is 4.67. The summed E-state index contributed by atoms with van der Waals surface area (Å²) in [6.07, 6.45) is 0.742. The summed E-state index contributed by atoms with van der Waals surface area (Å²) in [6.45, 7) is 0. The molecule has 0 spiro atoms. The van der Waals surface area contributed by atoms with Gasteiger partial charge in [-0.3, -0.25) is 0 Å². The molecule has 144 valence electrons. The number of benzene rings is 2. The maximum Gasteiger partial charge on any atom is 0.203 e. The summed E-state index contributed by atoms with van der Waals surface area (Å²) in [7, 11) is 6.43. The Labute approximate surface area is 159 Å². The molecule has 0 saturated carbocycles. The van der Waals surface area contributed by atoms with Crippen molar-refractivity contribution < 1.29 is 18.9 Å². The van der Waals surface area contributed by atoms with Gasteiger partial charge in [0.25, 0.3) is 0 Å². The lowest BCUT2D eigenvalue weighted by molar-refractivity contribution is 0.323. The van der Waals surface area contributed by atoms with E-state index in [-0.39, 0.29) is 12.1 Å². The molecule has 0 aromatic heterocycles. The molecule has 1 heterocycles. The van der Waals surface area contributed by atoms with Crippen LogP contribution >= 0.6 is 0 Å². The number of aliphatic imine (C=N–C) groups is 1. The fourth-order valence-corrected chi connectivity index (χ4v) is 3.28. The molecule has 0 saturated heterocycles. The number of rotatable bonds is 6. The molecule has 3 rings (SSSR count). The molecule has 2 aromatic carbocycles. The minimum absolute atomic E-state index is 0.0393. The first-order chi connectivity index (χ1) is 13.1. The van der Waals surface area contributed by atoms with Gasteiger partial charge in [0, 0.05) is 0 Å². The van der Waals surface area contributed by atoms with E-state index >= 15 is 0 Å². The SMILES string of the molecule is COc1ccc(C2CC(c3cc(OC)c(OC)c(OC)c3)N=C(N)N2)cc1. The zero-order valence-electron chi connectivity index (χ0n) is 16.0. The minimum Gasteiger partial charge on any atom is -0.497 e. The topological polar surface area (TPSA) is 87.3 Å². The Morgan fingerprint density at radius 3 is 2.04 bits per heavy atom. The highest BCUT2D eigenvalue weighted by Crippen LogP contribution is 2.42. The summed E-state index contributed by atoms with van der Waals surface area (Å²) in [5.41, 5.74) is 8.14. The molecular weight excluding hydrogens is 346 g/mol. The smallest absolute Gasteiger partial charge is 0.203 e. The zero-order chi connectivity index (χ0) is 19.4. The molecule has 0 radical (unpaired) electrons. The standard InChI is InChI=1S/C20H25N3O4/c1-24-14-7-5-12(6-8-14)15-11-16(23-20(21)22-15)13-9-17(25-2)19(27-4)18(10-13)26-3/h5-10,15-16H,11H2,1-4H3,(H3,21,22,23). The van der Waals surface area contributed by atoms with Crippen LogP contribution < -0.4 is 30.0 Å².